The molecule has 2 rings (SSSR count). The highest BCUT2D eigenvalue weighted by Crippen LogP contribution is 2.10. The van der Waals surface area contributed by atoms with E-state index >= 15 is 0 Å². The van der Waals surface area contributed by atoms with Crippen LogP contribution < -0.4 is 0 Å². The van der Waals surface area contributed by atoms with Gasteiger partial charge < -0.3 is 9.38 Å². The summed E-state index contributed by atoms with van der Waals surface area (Å²) < 4.78 is 14.5. The van der Waals surface area contributed by atoms with Crippen molar-refractivity contribution in [2.24, 2.45) is 0 Å². The van der Waals surface area contributed by atoms with E-state index in [9.17, 15) is 4.39 Å². The first-order valence-electron chi connectivity index (χ1n) is 4.09. The highest BCUT2D eigenvalue weighted by Gasteiger charge is 2.02. The van der Waals surface area contributed by atoms with Gasteiger partial charge in [-0.2, -0.15) is 0 Å². The predicted octanol–water partition coefficient (Wildman–Crippen LogP) is 2.74. The van der Waals surface area contributed by atoms with E-state index in [4.69, 9.17) is 0 Å². The van der Waals surface area contributed by atoms with Gasteiger partial charge in [-0.15, -0.1) is 0 Å². The summed E-state index contributed by atoms with van der Waals surface area (Å²) in [7, 11) is 0. The van der Waals surface area contributed by atoms with E-state index in [1.165, 1.54) is 6.07 Å². The van der Waals surface area contributed by atoms with Crippen LogP contribution in [0.25, 0.3) is 5.65 Å². The monoisotopic (exact) mass is 168 g/mol. The molecule has 0 saturated carbocycles. The number of hydrogen-bond acceptors (Lipinski definition) is 0. The van der Waals surface area contributed by atoms with E-state index in [0.29, 0.717) is 5.65 Å². The third kappa shape index (κ3) is 1.22. The van der Waals surface area contributed by atoms with Crippen molar-refractivity contribution in [1.82, 2.24) is 9.38 Å². The lowest BCUT2D eigenvalue weighted by Crippen LogP contribution is -1.78. The average Bonchev–Trinajstić information content (AvgIpc) is 2.62. The summed E-state index contributed by atoms with van der Waals surface area (Å²) in [6, 6.07) is 1.44. The van der Waals surface area contributed by atoms with Crippen molar-refractivity contribution < 1.29 is 4.39 Å². The lowest BCUT2D eigenvalue weighted by atomic mass is 10.5. The van der Waals surface area contributed by atoms with Crippen LogP contribution in [0, 0.1) is 12.7 Å². The second kappa shape index (κ2) is 3.43. The maximum absolute atomic E-state index is 12.7. The molecule has 0 saturated heterocycles. The molecule has 3 heteroatoms. The van der Waals surface area contributed by atoms with E-state index < -0.39 is 0 Å². The predicted molar refractivity (Wildman–Crippen MR) is 47.8 cm³/mol. The van der Waals surface area contributed by atoms with E-state index in [-0.39, 0.29) is 5.82 Å². The Morgan fingerprint density at radius 2 is 2.08 bits per heavy atom. The van der Waals surface area contributed by atoms with Crippen LogP contribution in [0.5, 0.6) is 0 Å². The van der Waals surface area contributed by atoms with Crippen LogP contribution in [0.3, 0.4) is 0 Å². The van der Waals surface area contributed by atoms with Crippen LogP contribution in [-0.2, 0) is 0 Å². The minimum absolute atomic E-state index is 0.201. The van der Waals surface area contributed by atoms with E-state index in [0.717, 1.165) is 5.69 Å². The van der Waals surface area contributed by atoms with Crippen LogP contribution in [0.15, 0.2) is 18.5 Å². The molecule has 0 aliphatic carbocycles. The lowest BCUT2D eigenvalue weighted by molar-refractivity contribution is 0.638. The summed E-state index contributed by atoms with van der Waals surface area (Å²) in [6.45, 7) is 5.92. The van der Waals surface area contributed by atoms with Crippen molar-refractivity contribution in [2.45, 2.75) is 20.8 Å². The van der Waals surface area contributed by atoms with Crippen molar-refractivity contribution >= 4 is 5.65 Å². The van der Waals surface area contributed by atoms with Crippen molar-refractivity contribution in [3.05, 3.63) is 30.0 Å². The number of halogens is 1. The molecule has 0 aromatic carbocycles. The fourth-order valence-corrected chi connectivity index (χ4v) is 1.08. The summed E-state index contributed by atoms with van der Waals surface area (Å²) >= 11 is 0. The SMILES string of the molecule is CC.Cc1c[nH]c2c(F)ccn12. The Bertz CT molecular complexity index is 323. The van der Waals surface area contributed by atoms with Gasteiger partial charge in [0.05, 0.1) is 0 Å². The molecule has 0 radical (unpaired) electrons. The van der Waals surface area contributed by atoms with E-state index in [2.05, 4.69) is 4.98 Å². The Kier molecular flexibility index (Phi) is 2.53. The molecule has 0 spiro atoms. The Hall–Kier alpha value is -1.25. The van der Waals surface area contributed by atoms with Gasteiger partial charge in [0.1, 0.15) is 0 Å². The van der Waals surface area contributed by atoms with Crippen LogP contribution in [0.2, 0.25) is 0 Å². The molecule has 0 fully saturated rings. The molecule has 0 atom stereocenters. The fraction of sp³-hybridized carbons (Fsp3) is 0.333. The third-order valence-corrected chi connectivity index (χ3v) is 1.63. The first kappa shape index (κ1) is 8.84. The second-order valence-electron chi connectivity index (χ2n) is 2.31. The zero-order valence-electron chi connectivity index (χ0n) is 7.56. The normalized spacial score (nSPS) is 9.67. The summed E-state index contributed by atoms with van der Waals surface area (Å²) in [4.78, 5) is 2.82. The zero-order chi connectivity index (χ0) is 9.14. The molecule has 2 heterocycles. The van der Waals surface area contributed by atoms with Crippen LogP contribution in [0.4, 0.5) is 4.39 Å². The van der Waals surface area contributed by atoms with Gasteiger partial charge in [0.2, 0.25) is 0 Å². The topological polar surface area (TPSA) is 20.2 Å². The lowest BCUT2D eigenvalue weighted by Gasteiger charge is -1.83. The van der Waals surface area contributed by atoms with Crippen LogP contribution >= 0.6 is 0 Å². The highest BCUT2D eigenvalue weighted by molar-refractivity contribution is 5.42. The first-order valence-corrected chi connectivity index (χ1v) is 4.09. The smallest absolute Gasteiger partial charge is 0.165 e. The van der Waals surface area contributed by atoms with Gasteiger partial charge in [0.25, 0.3) is 0 Å². The molecule has 0 bridgehead atoms. The number of rotatable bonds is 0. The maximum atomic E-state index is 12.7. The molecular formula is C9H13FN2. The van der Waals surface area contributed by atoms with Crippen molar-refractivity contribution in [3.8, 4) is 0 Å². The number of hydrogen-bond donors (Lipinski definition) is 1. The molecule has 0 aliphatic rings. The Labute approximate surface area is 71.0 Å². The van der Waals surface area contributed by atoms with Gasteiger partial charge in [-0.1, -0.05) is 13.8 Å². The number of H-pyrrole nitrogens is 1. The molecule has 1 N–H and O–H groups in total. The number of nitrogens with zero attached hydrogens (tertiary/aromatic N) is 1. The van der Waals surface area contributed by atoms with Crippen molar-refractivity contribution in [3.63, 3.8) is 0 Å². The number of aromatic amines is 1. The molecule has 12 heavy (non-hydrogen) atoms. The van der Waals surface area contributed by atoms with E-state index in [1.807, 2.05) is 20.8 Å². The number of aryl methyl sites for hydroxylation is 1. The fourth-order valence-electron chi connectivity index (χ4n) is 1.08. The van der Waals surface area contributed by atoms with E-state index in [1.54, 1.807) is 16.8 Å². The highest BCUT2D eigenvalue weighted by atomic mass is 19.1. The quantitative estimate of drug-likeness (QED) is 0.624. The molecule has 2 aromatic rings. The minimum atomic E-state index is -0.201. The van der Waals surface area contributed by atoms with Crippen molar-refractivity contribution in [2.75, 3.05) is 0 Å². The van der Waals surface area contributed by atoms with Gasteiger partial charge in [-0.3, -0.25) is 0 Å². The van der Waals surface area contributed by atoms with Crippen molar-refractivity contribution in [1.29, 1.82) is 0 Å². The molecule has 2 nitrogen and oxygen atoms in total. The Balaban J connectivity index is 0.000000336. The maximum Gasteiger partial charge on any atom is 0.165 e. The molecule has 0 aliphatic heterocycles. The van der Waals surface area contributed by atoms with Gasteiger partial charge in [-0.05, 0) is 13.0 Å². The number of imidazole rings is 1. The average molecular weight is 168 g/mol. The summed E-state index contributed by atoms with van der Waals surface area (Å²) in [6.07, 6.45) is 3.48. The molecule has 66 valence electrons. The standard InChI is InChI=1S/C7H7FN2.C2H6/c1-5-4-9-7-6(8)2-3-10(5)7;1-2/h2-4,9H,1H3;1-2H3. The van der Waals surface area contributed by atoms with Gasteiger partial charge in [-0.25, -0.2) is 4.39 Å². The summed E-state index contributed by atoms with van der Waals surface area (Å²) in [5.41, 5.74) is 1.55. The molecule has 0 unspecified atom stereocenters. The number of fused-ring (bicyclic) bond motifs is 1. The Morgan fingerprint density at radius 1 is 1.42 bits per heavy atom. The minimum Gasteiger partial charge on any atom is -0.344 e. The zero-order valence-corrected chi connectivity index (χ0v) is 7.56. The molecule has 0 amide bonds. The summed E-state index contributed by atoms with van der Waals surface area (Å²) in [5, 5.41) is 0. The first-order chi connectivity index (χ1) is 5.79. The van der Waals surface area contributed by atoms with Crippen LogP contribution in [-0.4, -0.2) is 9.38 Å². The Morgan fingerprint density at radius 3 is 2.67 bits per heavy atom. The molecule has 2 aromatic heterocycles. The molecular weight excluding hydrogens is 155 g/mol. The number of nitrogens with one attached hydrogen (secondary N) is 1. The second-order valence-corrected chi connectivity index (χ2v) is 2.31. The largest absolute Gasteiger partial charge is 0.344 e. The summed E-state index contributed by atoms with van der Waals surface area (Å²) in [5.74, 6) is -0.201. The number of aromatic nitrogens is 2. The van der Waals surface area contributed by atoms with Gasteiger partial charge >= 0.3 is 0 Å². The van der Waals surface area contributed by atoms with Gasteiger partial charge in [0, 0.05) is 18.1 Å². The van der Waals surface area contributed by atoms with Crippen LogP contribution in [0.1, 0.15) is 19.5 Å². The third-order valence-electron chi connectivity index (χ3n) is 1.63. The van der Waals surface area contributed by atoms with Gasteiger partial charge in [0.15, 0.2) is 11.5 Å².